The molecular weight excluding hydrogens is 644 g/mol. The van der Waals surface area contributed by atoms with E-state index in [1.165, 1.54) is 24.0 Å². The molecule has 2 amide bonds. The van der Waals surface area contributed by atoms with Crippen LogP contribution in [0.15, 0.2) is 36.4 Å². The number of carbonyl (C=O) groups is 7. The van der Waals surface area contributed by atoms with E-state index in [0.29, 0.717) is 11.3 Å². The number of aliphatic carboxylic acids is 5. The predicted octanol–water partition coefficient (Wildman–Crippen LogP) is -1.82. The first-order valence-corrected chi connectivity index (χ1v) is 14.5. The van der Waals surface area contributed by atoms with Crippen LogP contribution in [0.3, 0.4) is 0 Å². The lowest BCUT2D eigenvalue weighted by atomic mass is 10.0. The van der Waals surface area contributed by atoms with Gasteiger partial charge in [0, 0.05) is 56.1 Å². The van der Waals surface area contributed by atoms with E-state index in [0.717, 1.165) is 9.80 Å². The van der Waals surface area contributed by atoms with Gasteiger partial charge in [-0.1, -0.05) is 12.1 Å². The van der Waals surface area contributed by atoms with Crippen LogP contribution in [-0.2, 0) is 40.0 Å². The highest BCUT2D eigenvalue weighted by Crippen LogP contribution is 2.16. The number of rotatable bonds is 21. The van der Waals surface area contributed by atoms with Gasteiger partial charge in [-0.2, -0.15) is 0 Å². The average molecular weight is 681 g/mol. The Morgan fingerprint density at radius 2 is 1.36 bits per heavy atom. The minimum atomic E-state index is -1.96. The number of hydrogen-bond donors (Lipinski definition) is 8. The van der Waals surface area contributed by atoms with Crippen molar-refractivity contribution < 1.29 is 59.1 Å². The summed E-state index contributed by atoms with van der Waals surface area (Å²) in [6.45, 7) is -0.557. The van der Waals surface area contributed by atoms with E-state index < -0.39 is 79.4 Å². The van der Waals surface area contributed by atoms with Crippen molar-refractivity contribution in [2.24, 2.45) is 0 Å². The number of nitrogens with zero attached hydrogens (tertiary/aromatic N) is 3. The summed E-state index contributed by atoms with van der Waals surface area (Å²) >= 11 is 5.25. The normalized spacial score (nSPS) is 14.0. The van der Waals surface area contributed by atoms with Crippen molar-refractivity contribution in [3.63, 3.8) is 0 Å². The zero-order chi connectivity index (χ0) is 35.3. The highest BCUT2D eigenvalue weighted by Gasteiger charge is 2.30. The first-order valence-electron chi connectivity index (χ1n) is 14.1. The number of benzene rings is 1. The lowest BCUT2D eigenvalue weighted by molar-refractivity contribution is -0.152. The van der Waals surface area contributed by atoms with E-state index in [4.69, 9.17) is 12.2 Å². The van der Waals surface area contributed by atoms with Gasteiger partial charge in [0.05, 0.1) is 19.6 Å². The van der Waals surface area contributed by atoms with Gasteiger partial charge in [-0.05, 0) is 43.3 Å². The third kappa shape index (κ3) is 13.5. The molecule has 18 nitrogen and oxygen atoms in total. The lowest BCUT2D eigenvalue weighted by Crippen LogP contribution is -2.54. The molecule has 1 aliphatic heterocycles. The average Bonchev–Trinajstić information content (AvgIpc) is 3.27. The molecule has 0 spiro atoms. The first kappa shape index (κ1) is 38.2. The Bertz CT molecular complexity index is 1340. The van der Waals surface area contributed by atoms with Gasteiger partial charge in [0.1, 0.15) is 0 Å². The standard InChI is InChI=1S/C28H36N6O12S/c1-16(30-25(26(43)44)27(45)46)11-32(13-22(37)38)12-19(33(14-23(39)40)15-24(41)42)10-17-2-4-18(5-3-17)31-28(47)29-8-9-34-20(35)6-7-21(34)36/h2-7,16,19,25,30H,8-15H2,1H3,(H,37,38)(H,39,40)(H,41,42)(H,43,44)(H,45,46)(H2,29,31,47)/t16-,19-/m0/s1. The molecule has 2 atom stereocenters. The summed E-state index contributed by atoms with van der Waals surface area (Å²) in [5.41, 5.74) is 1.17. The Morgan fingerprint density at radius 3 is 1.85 bits per heavy atom. The molecule has 0 aromatic heterocycles. The van der Waals surface area contributed by atoms with E-state index in [1.807, 2.05) is 0 Å². The number of nitrogens with one attached hydrogen (secondary N) is 3. The fourth-order valence-corrected chi connectivity index (χ4v) is 4.96. The van der Waals surface area contributed by atoms with Crippen molar-refractivity contribution in [1.29, 1.82) is 0 Å². The zero-order valence-electron chi connectivity index (χ0n) is 25.2. The van der Waals surface area contributed by atoms with Gasteiger partial charge in [-0.25, -0.2) is 9.59 Å². The third-order valence-corrected chi connectivity index (χ3v) is 6.95. The van der Waals surface area contributed by atoms with Crippen molar-refractivity contribution in [3.05, 3.63) is 42.0 Å². The maximum absolute atomic E-state index is 11.7. The van der Waals surface area contributed by atoms with Crippen LogP contribution in [0.4, 0.5) is 5.69 Å². The largest absolute Gasteiger partial charge is 0.480 e. The number of hydrogen-bond acceptors (Lipinski definition) is 11. The first-order chi connectivity index (χ1) is 22.0. The molecule has 256 valence electrons. The third-order valence-electron chi connectivity index (χ3n) is 6.70. The Labute approximate surface area is 273 Å². The minimum Gasteiger partial charge on any atom is -0.480 e. The fourth-order valence-electron chi connectivity index (χ4n) is 4.74. The number of carbonyl (C=O) groups excluding carboxylic acids is 2. The summed E-state index contributed by atoms with van der Waals surface area (Å²) in [5, 5.41) is 55.2. The molecule has 19 heteroatoms. The summed E-state index contributed by atoms with van der Waals surface area (Å²) in [7, 11) is 0. The molecule has 0 saturated heterocycles. The molecule has 0 fully saturated rings. The van der Waals surface area contributed by atoms with E-state index in [2.05, 4.69) is 16.0 Å². The molecule has 0 radical (unpaired) electrons. The number of anilines is 1. The van der Waals surface area contributed by atoms with E-state index in [9.17, 15) is 59.1 Å². The van der Waals surface area contributed by atoms with Gasteiger partial charge in [0.2, 0.25) is 6.04 Å². The lowest BCUT2D eigenvalue weighted by Gasteiger charge is -2.35. The number of thiocarbonyl (C=S) groups is 1. The van der Waals surface area contributed by atoms with Crippen molar-refractivity contribution in [3.8, 4) is 0 Å². The summed E-state index contributed by atoms with van der Waals surface area (Å²) in [6, 6.07) is 2.95. The quantitative estimate of drug-likeness (QED) is 0.0404. The van der Waals surface area contributed by atoms with Gasteiger partial charge in [0.15, 0.2) is 5.11 Å². The molecule has 1 aromatic carbocycles. The second kappa shape index (κ2) is 18.2. The summed E-state index contributed by atoms with van der Waals surface area (Å²) in [4.78, 5) is 84.4. The Kier molecular flexibility index (Phi) is 14.8. The van der Waals surface area contributed by atoms with Crippen LogP contribution in [0.25, 0.3) is 0 Å². The summed E-state index contributed by atoms with van der Waals surface area (Å²) in [6.07, 6.45) is 2.42. The fraction of sp³-hybridized carbons (Fsp3) is 0.429. The van der Waals surface area contributed by atoms with Crippen molar-refractivity contribution in [1.82, 2.24) is 25.3 Å². The van der Waals surface area contributed by atoms with Crippen molar-refractivity contribution in [2.45, 2.75) is 31.5 Å². The number of imide groups is 1. The van der Waals surface area contributed by atoms with Crippen LogP contribution in [0.5, 0.6) is 0 Å². The molecule has 0 unspecified atom stereocenters. The molecule has 1 aliphatic rings. The van der Waals surface area contributed by atoms with Crippen LogP contribution in [0.1, 0.15) is 12.5 Å². The second-order valence-corrected chi connectivity index (χ2v) is 11.0. The molecule has 2 rings (SSSR count). The Hall–Kier alpha value is -4.98. The molecule has 1 heterocycles. The van der Waals surface area contributed by atoms with E-state index in [-0.39, 0.29) is 37.7 Å². The van der Waals surface area contributed by atoms with Crippen LogP contribution < -0.4 is 16.0 Å². The maximum atomic E-state index is 11.7. The Balaban J connectivity index is 2.18. The van der Waals surface area contributed by atoms with Gasteiger partial charge in [-0.15, -0.1) is 0 Å². The highest BCUT2D eigenvalue weighted by atomic mass is 32.1. The molecule has 0 aliphatic carbocycles. The molecule has 1 aromatic rings. The predicted molar refractivity (Wildman–Crippen MR) is 167 cm³/mol. The van der Waals surface area contributed by atoms with Crippen molar-refractivity contribution >= 4 is 64.7 Å². The van der Waals surface area contributed by atoms with Gasteiger partial charge >= 0.3 is 29.8 Å². The van der Waals surface area contributed by atoms with Gasteiger partial charge < -0.3 is 36.2 Å². The molecular formula is C28H36N6O12S. The monoisotopic (exact) mass is 680 g/mol. The van der Waals surface area contributed by atoms with Crippen LogP contribution in [-0.4, -0.2) is 151 Å². The van der Waals surface area contributed by atoms with Gasteiger partial charge in [0.25, 0.3) is 11.8 Å². The number of carboxylic acid groups (broad SMARTS) is 5. The van der Waals surface area contributed by atoms with Crippen LogP contribution >= 0.6 is 12.2 Å². The molecule has 0 bridgehead atoms. The highest BCUT2D eigenvalue weighted by molar-refractivity contribution is 7.80. The SMILES string of the molecule is C[C@@H](CN(CC(=O)O)C[C@H](Cc1ccc(NC(=S)NCCN2C(=O)C=CC2=O)cc1)N(CC(=O)O)CC(=O)O)NC(C(=O)O)C(=O)O. The van der Waals surface area contributed by atoms with Gasteiger partial charge in [-0.3, -0.25) is 44.0 Å². The topological polar surface area (TPSA) is 266 Å². The van der Waals surface area contributed by atoms with Crippen LogP contribution in [0, 0.1) is 0 Å². The number of carboxylic acids is 5. The summed E-state index contributed by atoms with van der Waals surface area (Å²) in [5.74, 6) is -8.06. The van der Waals surface area contributed by atoms with E-state index in [1.54, 1.807) is 24.3 Å². The summed E-state index contributed by atoms with van der Waals surface area (Å²) < 4.78 is 0. The van der Waals surface area contributed by atoms with E-state index >= 15 is 0 Å². The molecule has 8 N–H and O–H groups in total. The Morgan fingerprint density at radius 1 is 0.830 bits per heavy atom. The maximum Gasteiger partial charge on any atom is 0.332 e. The smallest absolute Gasteiger partial charge is 0.332 e. The van der Waals surface area contributed by atoms with Crippen molar-refractivity contribution in [2.75, 3.05) is 51.1 Å². The second-order valence-electron chi connectivity index (χ2n) is 10.6. The zero-order valence-corrected chi connectivity index (χ0v) is 26.0. The minimum absolute atomic E-state index is 0.0697. The van der Waals surface area contributed by atoms with Crippen LogP contribution in [0.2, 0.25) is 0 Å². The number of amides is 2. The molecule has 0 saturated carbocycles. The molecule has 47 heavy (non-hydrogen) atoms.